The van der Waals surface area contributed by atoms with Gasteiger partial charge in [-0.05, 0) is 19.4 Å². The van der Waals surface area contributed by atoms with E-state index in [9.17, 15) is 5.11 Å². The lowest BCUT2D eigenvalue weighted by molar-refractivity contribution is 0.423. The molecule has 2 N–H and O–H groups in total. The lowest BCUT2D eigenvalue weighted by atomic mass is 10.1. The average Bonchev–Trinajstić information content (AvgIpc) is 2.90. The third kappa shape index (κ3) is 2.89. The molecular formula is C14H18N2OS. The summed E-state index contributed by atoms with van der Waals surface area (Å²) in [6, 6.07) is 7.78. The molecule has 0 saturated carbocycles. The molecule has 96 valence electrons. The molecule has 1 aromatic heterocycles. The number of phenolic OH excluding ortho intramolecular Hbond substituents is 1. The zero-order valence-corrected chi connectivity index (χ0v) is 11.4. The molecule has 0 aliphatic heterocycles. The summed E-state index contributed by atoms with van der Waals surface area (Å²) >= 11 is 1.66. The van der Waals surface area contributed by atoms with Crippen molar-refractivity contribution in [1.82, 2.24) is 10.3 Å². The second-order valence-electron chi connectivity index (χ2n) is 4.28. The fourth-order valence-corrected chi connectivity index (χ4v) is 2.80. The summed E-state index contributed by atoms with van der Waals surface area (Å²) in [5.41, 5.74) is 0.924. The first-order chi connectivity index (χ1) is 8.72. The number of aromatic hydroxyl groups is 1. The Hall–Kier alpha value is -1.39. The smallest absolute Gasteiger partial charge is 0.120 e. The van der Waals surface area contributed by atoms with Crippen LogP contribution in [0, 0.1) is 0 Å². The first-order valence-electron chi connectivity index (χ1n) is 6.15. The van der Waals surface area contributed by atoms with Crippen LogP contribution < -0.4 is 5.32 Å². The zero-order chi connectivity index (χ0) is 13.0. The van der Waals surface area contributed by atoms with Crippen molar-refractivity contribution in [2.75, 3.05) is 0 Å². The molecule has 18 heavy (non-hydrogen) atoms. The van der Waals surface area contributed by atoms with Crippen LogP contribution in [-0.4, -0.2) is 10.1 Å². The van der Waals surface area contributed by atoms with Gasteiger partial charge in [0.15, 0.2) is 0 Å². The van der Waals surface area contributed by atoms with E-state index in [2.05, 4.69) is 24.1 Å². The Balaban J connectivity index is 2.11. The van der Waals surface area contributed by atoms with Crippen LogP contribution in [-0.2, 0) is 0 Å². The number of nitrogens with zero attached hydrogens (tertiary/aromatic N) is 1. The SMILES string of the molecule is CCC(NC(C)c1ccccc1O)c1nccs1. The van der Waals surface area contributed by atoms with E-state index < -0.39 is 0 Å². The summed E-state index contributed by atoms with van der Waals surface area (Å²) in [6.45, 7) is 4.20. The minimum absolute atomic E-state index is 0.0973. The molecule has 3 nitrogen and oxygen atoms in total. The Kier molecular flexibility index (Phi) is 4.33. The van der Waals surface area contributed by atoms with E-state index in [4.69, 9.17) is 0 Å². The molecule has 0 fully saturated rings. The quantitative estimate of drug-likeness (QED) is 0.864. The number of benzene rings is 1. The standard InChI is InChI=1S/C14H18N2OS/c1-3-12(14-15-8-9-18-14)16-10(2)11-6-4-5-7-13(11)17/h4-10,12,16-17H,3H2,1-2H3. The van der Waals surface area contributed by atoms with Gasteiger partial charge in [0.1, 0.15) is 10.8 Å². The van der Waals surface area contributed by atoms with Crippen molar-refractivity contribution in [2.24, 2.45) is 0 Å². The van der Waals surface area contributed by atoms with Crippen LogP contribution >= 0.6 is 11.3 Å². The van der Waals surface area contributed by atoms with Gasteiger partial charge in [-0.15, -0.1) is 11.3 Å². The summed E-state index contributed by atoms with van der Waals surface area (Å²) in [5, 5.41) is 16.4. The molecule has 0 amide bonds. The number of aromatic nitrogens is 1. The predicted octanol–water partition coefficient (Wildman–Crippen LogP) is 3.65. The number of phenols is 1. The van der Waals surface area contributed by atoms with Gasteiger partial charge in [-0.3, -0.25) is 0 Å². The Morgan fingerprint density at radius 1 is 1.39 bits per heavy atom. The molecule has 2 atom stereocenters. The molecule has 4 heteroatoms. The third-order valence-electron chi connectivity index (χ3n) is 3.01. The molecule has 0 aliphatic carbocycles. The molecule has 0 spiro atoms. The number of para-hydroxylation sites is 1. The molecule has 0 aliphatic rings. The van der Waals surface area contributed by atoms with Gasteiger partial charge < -0.3 is 10.4 Å². The summed E-state index contributed by atoms with van der Waals surface area (Å²) in [7, 11) is 0. The maximum atomic E-state index is 9.84. The van der Waals surface area contributed by atoms with Gasteiger partial charge in [0.05, 0.1) is 6.04 Å². The molecule has 2 rings (SSSR count). The topological polar surface area (TPSA) is 45.1 Å². The zero-order valence-electron chi connectivity index (χ0n) is 10.6. The minimum Gasteiger partial charge on any atom is -0.508 e. The summed E-state index contributed by atoms with van der Waals surface area (Å²) in [6.07, 6.45) is 2.81. The molecule has 2 unspecified atom stereocenters. The van der Waals surface area contributed by atoms with Crippen molar-refractivity contribution in [1.29, 1.82) is 0 Å². The molecule has 1 aromatic carbocycles. The highest BCUT2D eigenvalue weighted by Crippen LogP contribution is 2.27. The number of rotatable bonds is 5. The maximum absolute atomic E-state index is 9.84. The van der Waals surface area contributed by atoms with Crippen LogP contribution in [0.25, 0.3) is 0 Å². The monoisotopic (exact) mass is 262 g/mol. The van der Waals surface area contributed by atoms with Gasteiger partial charge >= 0.3 is 0 Å². The van der Waals surface area contributed by atoms with Crippen molar-refractivity contribution in [2.45, 2.75) is 32.4 Å². The highest BCUT2D eigenvalue weighted by Gasteiger charge is 2.17. The van der Waals surface area contributed by atoms with Crippen LogP contribution in [0.4, 0.5) is 0 Å². The second kappa shape index (κ2) is 5.98. The van der Waals surface area contributed by atoms with Crippen molar-refractivity contribution in [3.8, 4) is 5.75 Å². The van der Waals surface area contributed by atoms with Crippen LogP contribution in [0.1, 0.15) is 42.9 Å². The summed E-state index contributed by atoms with van der Waals surface area (Å²) < 4.78 is 0. The fourth-order valence-electron chi connectivity index (χ4n) is 2.02. The van der Waals surface area contributed by atoms with Gasteiger partial charge in [-0.25, -0.2) is 4.98 Å². The lowest BCUT2D eigenvalue weighted by Gasteiger charge is -2.21. The van der Waals surface area contributed by atoms with Crippen molar-refractivity contribution in [3.05, 3.63) is 46.4 Å². The Morgan fingerprint density at radius 2 is 2.17 bits per heavy atom. The first kappa shape index (κ1) is 13.1. The summed E-state index contributed by atoms with van der Waals surface area (Å²) in [4.78, 5) is 4.35. The van der Waals surface area contributed by atoms with Gasteiger partial charge in [0, 0.05) is 23.2 Å². The third-order valence-corrected chi connectivity index (χ3v) is 3.90. The minimum atomic E-state index is 0.0973. The van der Waals surface area contributed by atoms with Gasteiger partial charge in [0.25, 0.3) is 0 Å². The predicted molar refractivity (Wildman–Crippen MR) is 74.8 cm³/mol. The highest BCUT2D eigenvalue weighted by atomic mass is 32.1. The largest absolute Gasteiger partial charge is 0.508 e. The van der Waals surface area contributed by atoms with Crippen LogP contribution in [0.5, 0.6) is 5.75 Å². The molecular weight excluding hydrogens is 244 g/mol. The van der Waals surface area contributed by atoms with Crippen LogP contribution in [0.3, 0.4) is 0 Å². The number of thiazole rings is 1. The molecule has 0 bridgehead atoms. The molecule has 0 saturated heterocycles. The molecule has 2 aromatic rings. The number of hydrogen-bond donors (Lipinski definition) is 2. The molecule has 1 heterocycles. The van der Waals surface area contributed by atoms with Gasteiger partial charge in [-0.2, -0.15) is 0 Å². The fraction of sp³-hybridized carbons (Fsp3) is 0.357. The first-order valence-corrected chi connectivity index (χ1v) is 7.03. The maximum Gasteiger partial charge on any atom is 0.120 e. The van der Waals surface area contributed by atoms with E-state index in [0.717, 1.165) is 17.0 Å². The Morgan fingerprint density at radius 3 is 2.78 bits per heavy atom. The van der Waals surface area contributed by atoms with E-state index >= 15 is 0 Å². The lowest BCUT2D eigenvalue weighted by Crippen LogP contribution is -2.24. The van der Waals surface area contributed by atoms with E-state index in [0.29, 0.717) is 5.75 Å². The normalized spacial score (nSPS) is 14.3. The Labute approximate surface area is 112 Å². The second-order valence-corrected chi connectivity index (χ2v) is 5.20. The number of nitrogens with one attached hydrogen (secondary N) is 1. The van der Waals surface area contributed by atoms with Crippen molar-refractivity contribution >= 4 is 11.3 Å². The number of hydrogen-bond acceptors (Lipinski definition) is 4. The Bertz CT molecular complexity index is 484. The molecule has 0 radical (unpaired) electrons. The van der Waals surface area contributed by atoms with Crippen LogP contribution in [0.15, 0.2) is 35.8 Å². The summed E-state index contributed by atoms with van der Waals surface area (Å²) in [5.74, 6) is 0.339. The van der Waals surface area contributed by atoms with Gasteiger partial charge in [-0.1, -0.05) is 25.1 Å². The highest BCUT2D eigenvalue weighted by molar-refractivity contribution is 7.09. The van der Waals surface area contributed by atoms with Crippen LogP contribution in [0.2, 0.25) is 0 Å². The van der Waals surface area contributed by atoms with E-state index in [1.807, 2.05) is 29.8 Å². The average molecular weight is 262 g/mol. The van der Waals surface area contributed by atoms with E-state index in [1.165, 1.54) is 0 Å². The van der Waals surface area contributed by atoms with E-state index in [-0.39, 0.29) is 12.1 Å². The van der Waals surface area contributed by atoms with Crippen molar-refractivity contribution < 1.29 is 5.11 Å². The van der Waals surface area contributed by atoms with Crippen molar-refractivity contribution in [3.63, 3.8) is 0 Å². The van der Waals surface area contributed by atoms with Gasteiger partial charge in [0.2, 0.25) is 0 Å². The van der Waals surface area contributed by atoms with E-state index in [1.54, 1.807) is 17.4 Å².